The molecule has 0 amide bonds. The van der Waals surface area contributed by atoms with Gasteiger partial charge in [-0.1, -0.05) is 27.7 Å². The smallest absolute Gasteiger partial charge is 0.213 e. The van der Waals surface area contributed by atoms with E-state index in [1.165, 1.54) is 0 Å². The van der Waals surface area contributed by atoms with Crippen molar-refractivity contribution in [2.75, 3.05) is 13.1 Å². The Hall–Kier alpha value is -0.930. The van der Waals surface area contributed by atoms with Gasteiger partial charge in [0.2, 0.25) is 5.96 Å². The van der Waals surface area contributed by atoms with Crippen molar-refractivity contribution in [2.24, 2.45) is 28.5 Å². The molecule has 0 rings (SSSR count). The van der Waals surface area contributed by atoms with Gasteiger partial charge in [-0.2, -0.15) is 0 Å². The minimum atomic E-state index is 0.455. The Morgan fingerprint density at radius 2 is 1.47 bits per heavy atom. The van der Waals surface area contributed by atoms with Gasteiger partial charge in [-0.15, -0.1) is 5.10 Å². The van der Waals surface area contributed by atoms with Crippen LogP contribution in [0.2, 0.25) is 0 Å². The zero-order chi connectivity index (χ0) is 11.8. The molecule has 0 bridgehead atoms. The maximum Gasteiger partial charge on any atom is 0.213 e. The van der Waals surface area contributed by atoms with Crippen LogP contribution in [0, 0.1) is 11.8 Å². The van der Waals surface area contributed by atoms with Gasteiger partial charge in [0.25, 0.3) is 0 Å². The average molecular weight is 214 g/mol. The first-order chi connectivity index (χ1) is 6.97. The maximum atomic E-state index is 5.74. The Balaban J connectivity index is 4.07. The molecule has 0 saturated heterocycles. The van der Waals surface area contributed by atoms with Gasteiger partial charge in [0, 0.05) is 13.1 Å². The van der Waals surface area contributed by atoms with Crippen LogP contribution in [-0.2, 0) is 0 Å². The highest BCUT2D eigenvalue weighted by atomic mass is 15.3. The molecule has 0 aromatic rings. The molecule has 0 aromatic carbocycles. The van der Waals surface area contributed by atoms with Crippen molar-refractivity contribution in [2.45, 2.75) is 40.5 Å². The molecule has 0 aliphatic rings. The first-order valence-electron chi connectivity index (χ1n) is 5.75. The minimum absolute atomic E-state index is 0.455. The normalized spacial score (nSPS) is 12.5. The molecule has 0 atom stereocenters. The van der Waals surface area contributed by atoms with E-state index in [0.29, 0.717) is 17.8 Å². The zero-order valence-electron chi connectivity index (χ0n) is 10.5. The fourth-order valence-corrected chi connectivity index (χ4v) is 1.25. The predicted molar refractivity (Wildman–Crippen MR) is 66.3 cm³/mol. The van der Waals surface area contributed by atoms with Crippen LogP contribution in [0.1, 0.15) is 40.5 Å². The lowest BCUT2D eigenvalue weighted by Crippen LogP contribution is -2.40. The van der Waals surface area contributed by atoms with Crippen molar-refractivity contribution in [1.29, 1.82) is 0 Å². The van der Waals surface area contributed by atoms with E-state index in [0.717, 1.165) is 25.9 Å². The Kier molecular flexibility index (Phi) is 6.92. The van der Waals surface area contributed by atoms with E-state index >= 15 is 0 Å². The zero-order valence-corrected chi connectivity index (χ0v) is 10.5. The van der Waals surface area contributed by atoms with Gasteiger partial charge in [0.05, 0.1) is 0 Å². The fraction of sp³-hybridized carbons (Fsp3) is 0.909. The van der Waals surface area contributed by atoms with Crippen molar-refractivity contribution < 1.29 is 0 Å². The van der Waals surface area contributed by atoms with Gasteiger partial charge in [0.1, 0.15) is 0 Å². The van der Waals surface area contributed by atoms with Crippen LogP contribution in [0.4, 0.5) is 0 Å². The molecule has 0 aliphatic heterocycles. The highest BCUT2D eigenvalue weighted by Crippen LogP contribution is 2.05. The van der Waals surface area contributed by atoms with E-state index in [1.807, 2.05) is 0 Å². The number of hydrogen-bond donors (Lipinski definition) is 2. The molecule has 0 fully saturated rings. The number of hydrazone groups is 1. The van der Waals surface area contributed by atoms with Crippen molar-refractivity contribution in [3.63, 3.8) is 0 Å². The van der Waals surface area contributed by atoms with E-state index < -0.39 is 0 Å². The van der Waals surface area contributed by atoms with E-state index in [4.69, 9.17) is 11.6 Å². The van der Waals surface area contributed by atoms with Crippen LogP contribution in [-0.4, -0.2) is 23.9 Å². The van der Waals surface area contributed by atoms with Crippen LogP contribution in [0.5, 0.6) is 0 Å². The molecule has 0 radical (unpaired) electrons. The Morgan fingerprint density at radius 1 is 1.07 bits per heavy atom. The summed E-state index contributed by atoms with van der Waals surface area (Å²) in [5.41, 5.74) is 5.74. The molecule has 4 nitrogen and oxygen atoms in total. The van der Waals surface area contributed by atoms with E-state index in [9.17, 15) is 0 Å². The van der Waals surface area contributed by atoms with Crippen LogP contribution in [0.3, 0.4) is 0 Å². The van der Waals surface area contributed by atoms with Crippen LogP contribution in [0.25, 0.3) is 0 Å². The number of guanidine groups is 1. The molecule has 90 valence electrons. The third-order valence-corrected chi connectivity index (χ3v) is 2.41. The molecular weight excluding hydrogens is 188 g/mol. The van der Waals surface area contributed by atoms with Crippen LogP contribution >= 0.6 is 0 Å². The second-order valence-corrected chi connectivity index (χ2v) is 4.84. The summed E-state index contributed by atoms with van der Waals surface area (Å²) in [7, 11) is 0. The first kappa shape index (κ1) is 14.1. The van der Waals surface area contributed by atoms with Gasteiger partial charge < -0.3 is 16.5 Å². The number of rotatable bonds is 6. The summed E-state index contributed by atoms with van der Waals surface area (Å²) in [6, 6.07) is 0. The summed E-state index contributed by atoms with van der Waals surface area (Å²) >= 11 is 0. The van der Waals surface area contributed by atoms with E-state index in [1.54, 1.807) is 0 Å². The standard InChI is InChI=1S/C11H26N4/c1-9(2)5-7-15(11(12)14-13)8-6-10(3)4/h9-10H,5-8,13H2,1-4H3,(H2,12,14). The van der Waals surface area contributed by atoms with Crippen molar-refractivity contribution in [3.8, 4) is 0 Å². The van der Waals surface area contributed by atoms with Crippen molar-refractivity contribution in [3.05, 3.63) is 0 Å². The summed E-state index contributed by atoms with van der Waals surface area (Å²) in [5, 5.41) is 3.57. The topological polar surface area (TPSA) is 67.6 Å². The Bertz CT molecular complexity index is 175. The highest BCUT2D eigenvalue weighted by Gasteiger charge is 2.09. The quantitative estimate of drug-likeness (QED) is 0.305. The minimum Gasteiger partial charge on any atom is -0.368 e. The molecule has 0 unspecified atom stereocenters. The van der Waals surface area contributed by atoms with Crippen molar-refractivity contribution in [1.82, 2.24) is 4.90 Å². The highest BCUT2D eigenvalue weighted by molar-refractivity contribution is 5.77. The van der Waals surface area contributed by atoms with Crippen LogP contribution in [0.15, 0.2) is 5.10 Å². The third-order valence-electron chi connectivity index (χ3n) is 2.41. The molecule has 0 aliphatic carbocycles. The molecule has 0 spiro atoms. The average Bonchev–Trinajstić information content (AvgIpc) is 2.16. The molecule has 0 saturated carbocycles. The largest absolute Gasteiger partial charge is 0.368 e. The summed E-state index contributed by atoms with van der Waals surface area (Å²) in [6.07, 6.45) is 2.24. The molecular formula is C11H26N4. The molecule has 15 heavy (non-hydrogen) atoms. The monoisotopic (exact) mass is 214 g/mol. The van der Waals surface area contributed by atoms with Gasteiger partial charge >= 0.3 is 0 Å². The summed E-state index contributed by atoms with van der Waals surface area (Å²) in [4.78, 5) is 2.07. The second-order valence-electron chi connectivity index (χ2n) is 4.84. The van der Waals surface area contributed by atoms with Gasteiger partial charge in [-0.05, 0) is 24.7 Å². The van der Waals surface area contributed by atoms with Gasteiger partial charge in [-0.3, -0.25) is 0 Å². The Labute approximate surface area is 93.7 Å². The number of hydrogen-bond acceptors (Lipinski definition) is 2. The molecule has 4 heteroatoms. The first-order valence-corrected chi connectivity index (χ1v) is 5.75. The van der Waals surface area contributed by atoms with Gasteiger partial charge in [0.15, 0.2) is 0 Å². The lowest BCUT2D eigenvalue weighted by atomic mass is 10.1. The number of nitrogens with zero attached hydrogens (tertiary/aromatic N) is 2. The lowest BCUT2D eigenvalue weighted by molar-refractivity contribution is 0.350. The Morgan fingerprint density at radius 3 is 1.73 bits per heavy atom. The fourth-order valence-electron chi connectivity index (χ4n) is 1.25. The number of nitrogens with two attached hydrogens (primary N) is 2. The van der Waals surface area contributed by atoms with Crippen molar-refractivity contribution >= 4 is 5.96 Å². The summed E-state index contributed by atoms with van der Waals surface area (Å²) < 4.78 is 0. The third kappa shape index (κ3) is 7.05. The molecule has 0 heterocycles. The molecule has 0 aromatic heterocycles. The maximum absolute atomic E-state index is 5.74. The second kappa shape index (κ2) is 7.37. The van der Waals surface area contributed by atoms with Crippen LogP contribution < -0.4 is 11.6 Å². The molecule has 4 N–H and O–H groups in total. The summed E-state index contributed by atoms with van der Waals surface area (Å²) in [5.74, 6) is 7.02. The van der Waals surface area contributed by atoms with E-state index in [-0.39, 0.29) is 0 Å². The SMILES string of the molecule is CC(C)CCN(CCC(C)C)C(N)=NN. The van der Waals surface area contributed by atoms with Gasteiger partial charge in [-0.25, -0.2) is 0 Å². The predicted octanol–water partition coefficient (Wildman–Crippen LogP) is 1.57. The van der Waals surface area contributed by atoms with E-state index in [2.05, 4.69) is 37.7 Å². The summed E-state index contributed by atoms with van der Waals surface area (Å²) in [6.45, 7) is 10.7. The lowest BCUT2D eigenvalue weighted by Gasteiger charge is -2.24.